The Morgan fingerprint density at radius 1 is 1.00 bits per heavy atom. The van der Waals surface area contributed by atoms with Gasteiger partial charge in [-0.15, -0.1) is 0 Å². The predicted molar refractivity (Wildman–Crippen MR) is 82.5 cm³/mol. The van der Waals surface area contributed by atoms with Crippen molar-refractivity contribution < 1.29 is 9.47 Å². The smallest absolute Gasteiger partial charge is 0.161 e. The SMILES string of the molecule is COc1cc(CNc2ccccc2)ccc1OC(C)C. The van der Waals surface area contributed by atoms with Crippen molar-refractivity contribution in [2.75, 3.05) is 12.4 Å². The highest BCUT2D eigenvalue weighted by Crippen LogP contribution is 2.29. The first-order valence-corrected chi connectivity index (χ1v) is 6.81. The van der Waals surface area contributed by atoms with Crippen molar-refractivity contribution in [1.29, 1.82) is 0 Å². The molecule has 1 N–H and O–H groups in total. The molecular weight excluding hydrogens is 250 g/mol. The van der Waals surface area contributed by atoms with Crippen LogP contribution in [0, 0.1) is 0 Å². The molecule has 3 nitrogen and oxygen atoms in total. The molecule has 0 aliphatic carbocycles. The van der Waals surface area contributed by atoms with Crippen LogP contribution in [-0.4, -0.2) is 13.2 Å². The van der Waals surface area contributed by atoms with Crippen LogP contribution >= 0.6 is 0 Å². The van der Waals surface area contributed by atoms with Crippen LogP contribution in [0.2, 0.25) is 0 Å². The highest BCUT2D eigenvalue weighted by atomic mass is 16.5. The minimum absolute atomic E-state index is 0.136. The van der Waals surface area contributed by atoms with Crippen molar-refractivity contribution >= 4 is 5.69 Å². The Bertz CT molecular complexity index is 538. The molecule has 3 heteroatoms. The van der Waals surface area contributed by atoms with E-state index in [4.69, 9.17) is 9.47 Å². The van der Waals surface area contributed by atoms with Gasteiger partial charge in [-0.2, -0.15) is 0 Å². The van der Waals surface area contributed by atoms with Crippen LogP contribution < -0.4 is 14.8 Å². The maximum atomic E-state index is 5.71. The van der Waals surface area contributed by atoms with E-state index in [2.05, 4.69) is 11.4 Å². The summed E-state index contributed by atoms with van der Waals surface area (Å²) in [6.07, 6.45) is 0.136. The fourth-order valence-corrected chi connectivity index (χ4v) is 1.93. The minimum atomic E-state index is 0.136. The van der Waals surface area contributed by atoms with Gasteiger partial charge in [0.15, 0.2) is 11.5 Å². The number of para-hydroxylation sites is 1. The minimum Gasteiger partial charge on any atom is -0.493 e. The van der Waals surface area contributed by atoms with Gasteiger partial charge in [-0.1, -0.05) is 24.3 Å². The van der Waals surface area contributed by atoms with Crippen molar-refractivity contribution in [3.8, 4) is 11.5 Å². The number of hydrogen-bond acceptors (Lipinski definition) is 3. The van der Waals surface area contributed by atoms with E-state index in [1.807, 2.05) is 56.3 Å². The summed E-state index contributed by atoms with van der Waals surface area (Å²) in [5, 5.41) is 3.38. The topological polar surface area (TPSA) is 30.5 Å². The maximum absolute atomic E-state index is 5.71. The average Bonchev–Trinajstić information content (AvgIpc) is 2.46. The molecule has 0 fully saturated rings. The number of rotatable bonds is 6. The zero-order valence-corrected chi connectivity index (χ0v) is 12.2. The third kappa shape index (κ3) is 3.92. The maximum Gasteiger partial charge on any atom is 0.161 e. The molecule has 0 aromatic heterocycles. The number of nitrogens with one attached hydrogen (secondary N) is 1. The van der Waals surface area contributed by atoms with Crippen LogP contribution in [0.5, 0.6) is 11.5 Å². The van der Waals surface area contributed by atoms with Crippen molar-refractivity contribution in [2.24, 2.45) is 0 Å². The number of hydrogen-bond donors (Lipinski definition) is 1. The molecule has 0 spiro atoms. The highest BCUT2D eigenvalue weighted by Gasteiger charge is 2.07. The number of anilines is 1. The lowest BCUT2D eigenvalue weighted by molar-refractivity contribution is 0.230. The van der Waals surface area contributed by atoms with Gasteiger partial charge in [0.25, 0.3) is 0 Å². The summed E-state index contributed by atoms with van der Waals surface area (Å²) in [5.41, 5.74) is 2.26. The molecule has 0 amide bonds. The Hall–Kier alpha value is -2.16. The number of methoxy groups -OCH3 is 1. The Kier molecular flexibility index (Phi) is 4.88. The van der Waals surface area contributed by atoms with Gasteiger partial charge in [0.05, 0.1) is 13.2 Å². The van der Waals surface area contributed by atoms with Crippen LogP contribution in [0.3, 0.4) is 0 Å². The lowest BCUT2D eigenvalue weighted by Crippen LogP contribution is -2.07. The van der Waals surface area contributed by atoms with Gasteiger partial charge in [0, 0.05) is 12.2 Å². The Labute approximate surface area is 120 Å². The van der Waals surface area contributed by atoms with E-state index in [-0.39, 0.29) is 6.10 Å². The largest absolute Gasteiger partial charge is 0.493 e. The summed E-state index contributed by atoms with van der Waals surface area (Å²) in [6.45, 7) is 4.76. The average molecular weight is 271 g/mol. The predicted octanol–water partition coefficient (Wildman–Crippen LogP) is 4.09. The molecule has 2 aromatic rings. The van der Waals surface area contributed by atoms with E-state index >= 15 is 0 Å². The standard InChI is InChI=1S/C17H21NO2/c1-13(2)20-16-10-9-14(11-17(16)19-3)12-18-15-7-5-4-6-8-15/h4-11,13,18H,12H2,1-3H3. The van der Waals surface area contributed by atoms with E-state index in [9.17, 15) is 0 Å². The van der Waals surface area contributed by atoms with Gasteiger partial charge < -0.3 is 14.8 Å². The van der Waals surface area contributed by atoms with E-state index in [1.54, 1.807) is 7.11 Å². The molecule has 0 unspecified atom stereocenters. The van der Waals surface area contributed by atoms with Crippen LogP contribution in [-0.2, 0) is 6.54 Å². The van der Waals surface area contributed by atoms with Crippen LogP contribution in [0.4, 0.5) is 5.69 Å². The van der Waals surface area contributed by atoms with E-state index in [1.165, 1.54) is 0 Å². The lowest BCUT2D eigenvalue weighted by Gasteiger charge is -2.15. The zero-order chi connectivity index (χ0) is 14.4. The fourth-order valence-electron chi connectivity index (χ4n) is 1.93. The lowest BCUT2D eigenvalue weighted by atomic mass is 10.2. The zero-order valence-electron chi connectivity index (χ0n) is 12.2. The van der Waals surface area contributed by atoms with E-state index < -0.39 is 0 Å². The third-order valence-electron chi connectivity index (χ3n) is 2.86. The summed E-state index contributed by atoms with van der Waals surface area (Å²) in [6, 6.07) is 16.2. The van der Waals surface area contributed by atoms with Gasteiger partial charge in [-0.05, 0) is 43.7 Å². The molecule has 0 saturated heterocycles. The molecule has 106 valence electrons. The molecule has 20 heavy (non-hydrogen) atoms. The summed E-state index contributed by atoms with van der Waals surface area (Å²) in [4.78, 5) is 0. The second-order valence-corrected chi connectivity index (χ2v) is 4.87. The quantitative estimate of drug-likeness (QED) is 0.858. The van der Waals surface area contributed by atoms with Crippen molar-refractivity contribution in [3.05, 3.63) is 54.1 Å². The van der Waals surface area contributed by atoms with Gasteiger partial charge >= 0.3 is 0 Å². The number of benzene rings is 2. The highest BCUT2D eigenvalue weighted by molar-refractivity contribution is 5.46. The summed E-state index contributed by atoms with van der Waals surface area (Å²) >= 11 is 0. The van der Waals surface area contributed by atoms with Gasteiger partial charge in [0.2, 0.25) is 0 Å². The van der Waals surface area contributed by atoms with Crippen LogP contribution in [0.1, 0.15) is 19.4 Å². The molecular formula is C17H21NO2. The molecule has 0 heterocycles. The monoisotopic (exact) mass is 271 g/mol. The molecule has 0 saturated carbocycles. The first kappa shape index (κ1) is 14.3. The van der Waals surface area contributed by atoms with Gasteiger partial charge in [-0.3, -0.25) is 0 Å². The van der Waals surface area contributed by atoms with Gasteiger partial charge in [-0.25, -0.2) is 0 Å². The fraction of sp³-hybridized carbons (Fsp3) is 0.294. The molecule has 0 bridgehead atoms. The normalized spacial score (nSPS) is 10.4. The van der Waals surface area contributed by atoms with Crippen molar-refractivity contribution in [1.82, 2.24) is 0 Å². The first-order valence-electron chi connectivity index (χ1n) is 6.81. The summed E-state index contributed by atoms with van der Waals surface area (Å²) in [7, 11) is 1.66. The van der Waals surface area contributed by atoms with Crippen molar-refractivity contribution in [2.45, 2.75) is 26.5 Å². The first-order chi connectivity index (χ1) is 9.69. The second-order valence-electron chi connectivity index (χ2n) is 4.87. The summed E-state index contributed by atoms with van der Waals surface area (Å²) < 4.78 is 11.1. The Morgan fingerprint density at radius 2 is 1.75 bits per heavy atom. The Morgan fingerprint density at radius 3 is 2.40 bits per heavy atom. The summed E-state index contributed by atoms with van der Waals surface area (Å²) in [5.74, 6) is 1.55. The third-order valence-corrected chi connectivity index (χ3v) is 2.86. The molecule has 2 rings (SSSR count). The van der Waals surface area contributed by atoms with Crippen LogP contribution in [0.25, 0.3) is 0 Å². The van der Waals surface area contributed by atoms with E-state index in [0.29, 0.717) is 0 Å². The Balaban J connectivity index is 2.05. The van der Waals surface area contributed by atoms with Crippen molar-refractivity contribution in [3.63, 3.8) is 0 Å². The molecule has 0 atom stereocenters. The number of ether oxygens (including phenoxy) is 2. The van der Waals surface area contributed by atoms with Crippen LogP contribution in [0.15, 0.2) is 48.5 Å². The van der Waals surface area contributed by atoms with E-state index in [0.717, 1.165) is 29.3 Å². The molecule has 0 radical (unpaired) electrons. The molecule has 0 aliphatic heterocycles. The van der Waals surface area contributed by atoms with Gasteiger partial charge in [0.1, 0.15) is 0 Å². The molecule has 0 aliphatic rings. The second kappa shape index (κ2) is 6.85. The molecule has 2 aromatic carbocycles.